The second-order valence-electron chi connectivity index (χ2n) is 8.87. The minimum Gasteiger partial charge on any atom is -0.354 e. The zero-order chi connectivity index (χ0) is 24.8. The quantitative estimate of drug-likeness (QED) is 0.401. The summed E-state index contributed by atoms with van der Waals surface area (Å²) >= 11 is 0. The van der Waals surface area contributed by atoms with Gasteiger partial charge >= 0.3 is 6.18 Å². The first kappa shape index (κ1) is 23.2. The number of aryl methyl sites for hydroxylation is 1. The van der Waals surface area contributed by atoms with E-state index in [2.05, 4.69) is 25.6 Å². The second-order valence-corrected chi connectivity index (χ2v) is 8.87. The van der Waals surface area contributed by atoms with Gasteiger partial charge in [0.2, 0.25) is 5.95 Å². The van der Waals surface area contributed by atoms with Crippen molar-refractivity contribution >= 4 is 28.4 Å². The monoisotopic (exact) mass is 487 g/mol. The average molecular weight is 487 g/mol. The molecule has 1 unspecified atom stereocenters. The molecule has 0 saturated heterocycles. The Morgan fingerprint density at radius 3 is 2.54 bits per heavy atom. The van der Waals surface area contributed by atoms with Crippen LogP contribution < -0.4 is 10.6 Å². The van der Waals surface area contributed by atoms with Crippen LogP contribution in [0.4, 0.5) is 33.7 Å². The number of benzene rings is 1. The average Bonchev–Trinajstić information content (AvgIpc) is 3.61. The Kier molecular flexibility index (Phi) is 5.69. The zero-order valence-electron chi connectivity index (χ0n) is 18.8. The van der Waals surface area contributed by atoms with E-state index in [4.69, 9.17) is 0 Å². The van der Waals surface area contributed by atoms with Gasteiger partial charge in [-0.2, -0.15) is 18.2 Å². The number of rotatable bonds is 6. The lowest BCUT2D eigenvalue weighted by Crippen LogP contribution is -2.39. The Labute approximate surface area is 198 Å². The molecule has 5 rings (SSSR count). The summed E-state index contributed by atoms with van der Waals surface area (Å²) in [6.45, 7) is 1.90. The van der Waals surface area contributed by atoms with Crippen molar-refractivity contribution in [3.05, 3.63) is 71.2 Å². The SMILES string of the molecule is Cc1cc(CNc2nc(NC3(C(F)(F)F)CC3)c3nc(C4=CCC(F)C=C4)ccc3n2)ccc1F. The van der Waals surface area contributed by atoms with Gasteiger partial charge in [-0.05, 0) is 60.7 Å². The van der Waals surface area contributed by atoms with E-state index in [1.807, 2.05) is 0 Å². The zero-order valence-corrected chi connectivity index (χ0v) is 18.8. The van der Waals surface area contributed by atoms with Crippen LogP contribution in [0.1, 0.15) is 36.1 Å². The summed E-state index contributed by atoms with van der Waals surface area (Å²) in [5.74, 6) is -0.240. The molecular formula is C25H22F5N5. The summed E-state index contributed by atoms with van der Waals surface area (Å²) in [6, 6.07) is 7.98. The van der Waals surface area contributed by atoms with E-state index in [1.54, 1.807) is 43.3 Å². The van der Waals surface area contributed by atoms with Gasteiger partial charge in [0.25, 0.3) is 0 Å². The number of nitrogens with one attached hydrogen (secondary N) is 2. The fraction of sp³-hybridized carbons (Fsp3) is 0.320. The number of pyridine rings is 1. The Balaban J connectivity index is 1.51. The number of aromatic nitrogens is 3. The Bertz CT molecular complexity index is 1340. The molecule has 5 nitrogen and oxygen atoms in total. The van der Waals surface area contributed by atoms with E-state index < -0.39 is 17.9 Å². The van der Waals surface area contributed by atoms with Crippen LogP contribution in [0.25, 0.3) is 16.6 Å². The first-order chi connectivity index (χ1) is 16.6. The lowest BCUT2D eigenvalue weighted by atomic mass is 10.0. The lowest BCUT2D eigenvalue weighted by molar-refractivity contribution is -0.151. The topological polar surface area (TPSA) is 62.7 Å². The number of fused-ring (bicyclic) bond motifs is 1. The summed E-state index contributed by atoms with van der Waals surface area (Å²) in [7, 11) is 0. The summed E-state index contributed by atoms with van der Waals surface area (Å²) in [4.78, 5) is 13.3. The van der Waals surface area contributed by atoms with Crippen LogP contribution in [-0.4, -0.2) is 32.8 Å². The number of halogens is 5. The molecule has 0 bridgehead atoms. The van der Waals surface area contributed by atoms with Crippen molar-refractivity contribution in [2.24, 2.45) is 0 Å². The molecular weight excluding hydrogens is 465 g/mol. The highest BCUT2D eigenvalue weighted by atomic mass is 19.4. The number of anilines is 2. The first-order valence-corrected chi connectivity index (χ1v) is 11.2. The molecule has 2 aromatic heterocycles. The van der Waals surface area contributed by atoms with Crippen LogP contribution in [0.2, 0.25) is 0 Å². The largest absolute Gasteiger partial charge is 0.411 e. The van der Waals surface area contributed by atoms with Gasteiger partial charge in [-0.1, -0.05) is 24.3 Å². The molecule has 2 N–H and O–H groups in total. The smallest absolute Gasteiger partial charge is 0.354 e. The molecule has 2 aliphatic carbocycles. The van der Waals surface area contributed by atoms with Gasteiger partial charge in [-0.25, -0.2) is 18.7 Å². The highest BCUT2D eigenvalue weighted by Gasteiger charge is 2.64. The van der Waals surface area contributed by atoms with Crippen LogP contribution in [-0.2, 0) is 6.54 Å². The Hall–Kier alpha value is -3.56. The summed E-state index contributed by atoms with van der Waals surface area (Å²) < 4.78 is 68.1. The molecule has 35 heavy (non-hydrogen) atoms. The summed E-state index contributed by atoms with van der Waals surface area (Å²) in [5, 5.41) is 5.59. The number of nitrogens with zero attached hydrogens (tertiary/aromatic N) is 3. The highest BCUT2D eigenvalue weighted by Crippen LogP contribution is 2.51. The van der Waals surface area contributed by atoms with Gasteiger partial charge in [0.15, 0.2) is 5.82 Å². The molecule has 1 saturated carbocycles. The van der Waals surface area contributed by atoms with Crippen LogP contribution in [0, 0.1) is 12.7 Å². The normalized spacial score (nSPS) is 18.9. The van der Waals surface area contributed by atoms with E-state index in [0.717, 1.165) is 5.56 Å². The Morgan fingerprint density at radius 2 is 1.89 bits per heavy atom. The molecule has 3 aromatic rings. The predicted octanol–water partition coefficient (Wildman–Crippen LogP) is 6.27. The first-order valence-electron chi connectivity index (χ1n) is 11.2. The molecule has 1 aromatic carbocycles. The van der Waals surface area contributed by atoms with E-state index in [1.165, 1.54) is 12.1 Å². The number of allylic oxidation sites excluding steroid dienone is 4. The van der Waals surface area contributed by atoms with Gasteiger partial charge in [-0.3, -0.25) is 0 Å². The van der Waals surface area contributed by atoms with Gasteiger partial charge in [-0.15, -0.1) is 0 Å². The summed E-state index contributed by atoms with van der Waals surface area (Å²) in [6.07, 6.45) is -0.720. The molecule has 0 spiro atoms. The van der Waals surface area contributed by atoms with Gasteiger partial charge in [0, 0.05) is 13.0 Å². The van der Waals surface area contributed by atoms with Gasteiger partial charge < -0.3 is 10.6 Å². The van der Waals surface area contributed by atoms with E-state index in [9.17, 15) is 22.0 Å². The fourth-order valence-electron chi connectivity index (χ4n) is 3.95. The standard InChI is InChI=1S/C25H22F5N5/c1-14-12-15(2-7-18(14)27)13-31-23-33-20-9-8-19(16-3-5-17(26)6-4-16)32-21(20)22(34-23)35-24(10-11-24)25(28,29)30/h2-5,7-9,12,17H,6,10-11,13H2,1H3,(H2,31,33,34,35). The van der Waals surface area contributed by atoms with Crippen LogP contribution >= 0.6 is 0 Å². The van der Waals surface area contributed by atoms with Crippen LogP contribution in [0.3, 0.4) is 0 Å². The maximum atomic E-state index is 13.7. The molecule has 0 amide bonds. The highest BCUT2D eigenvalue weighted by molar-refractivity contribution is 5.89. The van der Waals surface area contributed by atoms with Crippen molar-refractivity contribution < 1.29 is 22.0 Å². The molecule has 182 valence electrons. The van der Waals surface area contributed by atoms with Crippen molar-refractivity contribution in [2.75, 3.05) is 10.6 Å². The molecule has 10 heteroatoms. The molecule has 2 heterocycles. The van der Waals surface area contributed by atoms with Crippen molar-refractivity contribution in [2.45, 2.75) is 50.6 Å². The van der Waals surface area contributed by atoms with E-state index >= 15 is 0 Å². The molecule has 0 radical (unpaired) electrons. The van der Waals surface area contributed by atoms with Gasteiger partial charge in [0.1, 0.15) is 23.0 Å². The third-order valence-corrected chi connectivity index (χ3v) is 6.21. The lowest BCUT2D eigenvalue weighted by Gasteiger charge is -2.22. The maximum absolute atomic E-state index is 13.7. The van der Waals surface area contributed by atoms with Crippen LogP contribution in [0.15, 0.2) is 48.6 Å². The van der Waals surface area contributed by atoms with Crippen molar-refractivity contribution in [3.8, 4) is 0 Å². The molecule has 1 fully saturated rings. The Morgan fingerprint density at radius 1 is 1.09 bits per heavy atom. The fourth-order valence-corrected chi connectivity index (χ4v) is 3.95. The minimum absolute atomic E-state index is 0.0341. The number of hydrogen-bond donors (Lipinski definition) is 2. The van der Waals surface area contributed by atoms with E-state index in [0.29, 0.717) is 22.3 Å². The van der Waals surface area contributed by atoms with Crippen molar-refractivity contribution in [1.29, 1.82) is 0 Å². The predicted molar refractivity (Wildman–Crippen MR) is 124 cm³/mol. The molecule has 0 aliphatic heterocycles. The molecule has 1 atom stereocenters. The maximum Gasteiger partial charge on any atom is 0.411 e. The summed E-state index contributed by atoms with van der Waals surface area (Å²) in [5.41, 5.74) is 0.913. The minimum atomic E-state index is -4.45. The molecule has 2 aliphatic rings. The second kappa shape index (κ2) is 8.58. The van der Waals surface area contributed by atoms with Crippen molar-refractivity contribution in [3.63, 3.8) is 0 Å². The third kappa shape index (κ3) is 4.69. The van der Waals surface area contributed by atoms with E-state index in [-0.39, 0.29) is 48.9 Å². The third-order valence-electron chi connectivity index (χ3n) is 6.21. The number of alkyl halides is 4. The van der Waals surface area contributed by atoms with Gasteiger partial charge in [0.05, 0.1) is 11.2 Å². The number of hydrogen-bond acceptors (Lipinski definition) is 5. The van der Waals surface area contributed by atoms with Crippen molar-refractivity contribution in [1.82, 2.24) is 15.0 Å². The van der Waals surface area contributed by atoms with Crippen LogP contribution in [0.5, 0.6) is 0 Å².